The molecule has 0 aliphatic heterocycles. The second-order valence-corrected chi connectivity index (χ2v) is 24.4. The van der Waals surface area contributed by atoms with Crippen LogP contribution >= 0.6 is 0 Å². The predicted molar refractivity (Wildman–Crippen MR) is 441 cm³/mol. The number of methoxy groups -OCH3 is 4. The van der Waals surface area contributed by atoms with Gasteiger partial charge in [-0.15, -0.1) is 0 Å². The molecule has 15 nitrogen and oxygen atoms in total. The second kappa shape index (κ2) is 46.6. The van der Waals surface area contributed by atoms with E-state index in [2.05, 4.69) is 52.0 Å². The van der Waals surface area contributed by atoms with Gasteiger partial charge < -0.3 is 82.0 Å². The standard InChI is InChI=1S/4C8H11NO.5C8H11N.2C7H9N/c1-6-3-4-8(10-2)7(9)5-6;1-6-3-4-7(9)8(5-6)10-2;1-6-4-3-5-7(10-2)8(6)9;1-6-4-3-5-7(9)8(6)10-2;1-6-3-7(2)5-8(9)4-6;1-6-3-4-8(9)5-7(6)2;1-6-3-4-7(2)8(9)5-6;2*1-6-4-3-5-8(9)7(6)2;1-6-2-4-7(8)5-3-6;1-6-3-2-4-7(8)5-6/h4*3-5H,9H2,1-2H3;5*3-5H,9H2,1-2H3;2*2-5H,8H2,1H3. The van der Waals surface area contributed by atoms with Gasteiger partial charge >= 0.3 is 0 Å². The van der Waals surface area contributed by atoms with E-state index >= 15 is 0 Å². The lowest BCUT2D eigenvalue weighted by atomic mass is 10.1. The fourth-order valence-corrected chi connectivity index (χ4v) is 8.78. The van der Waals surface area contributed by atoms with Gasteiger partial charge in [0.2, 0.25) is 0 Å². The summed E-state index contributed by atoms with van der Waals surface area (Å²) in [6, 6.07) is 68.4. The molecule has 0 saturated carbocycles. The fraction of sp³-hybridized carbons (Fsp3) is 0.233. The minimum absolute atomic E-state index is 0.688. The lowest BCUT2D eigenvalue weighted by Crippen LogP contribution is -1.93. The van der Waals surface area contributed by atoms with Crippen LogP contribution in [0.3, 0.4) is 0 Å². The van der Waals surface area contributed by atoms with Crippen molar-refractivity contribution >= 4 is 62.6 Å². The summed E-state index contributed by atoms with van der Waals surface area (Å²) in [5.74, 6) is 3.02. The first-order valence-corrected chi connectivity index (χ1v) is 32.9. The first-order valence-electron chi connectivity index (χ1n) is 32.9. The quantitative estimate of drug-likeness (QED) is 0.0730. The number of nitrogen functional groups attached to an aromatic ring is 11. The maximum absolute atomic E-state index is 5.67. The minimum Gasteiger partial charge on any atom is -0.495 e. The summed E-state index contributed by atoms with van der Waals surface area (Å²) in [7, 11) is 6.47. The van der Waals surface area contributed by atoms with Crippen LogP contribution in [0, 0.1) is 111 Å². The highest BCUT2D eigenvalue weighted by Gasteiger charge is 2.02. The van der Waals surface area contributed by atoms with Crippen molar-refractivity contribution in [2.75, 3.05) is 91.5 Å². The van der Waals surface area contributed by atoms with Crippen LogP contribution in [-0.2, 0) is 0 Å². The molecule has 0 atom stereocenters. The summed E-state index contributed by atoms with van der Waals surface area (Å²) in [6.07, 6.45) is 0. The van der Waals surface area contributed by atoms with Gasteiger partial charge in [-0.05, 0) is 297 Å². The Balaban J connectivity index is 0.000000556. The highest BCUT2D eigenvalue weighted by molar-refractivity contribution is 5.59. The lowest BCUT2D eigenvalue weighted by molar-refractivity contribution is 0.414. The third-order valence-electron chi connectivity index (χ3n) is 15.3. The van der Waals surface area contributed by atoms with Crippen LogP contribution in [0.5, 0.6) is 23.0 Å². The summed E-state index contributed by atoms with van der Waals surface area (Å²) >= 11 is 0. The Kier molecular flexibility index (Phi) is 40.3. The van der Waals surface area contributed by atoms with E-state index < -0.39 is 0 Å². The Morgan fingerprint density at radius 2 is 0.604 bits per heavy atom. The molecule has 0 aliphatic carbocycles. The highest BCUT2D eigenvalue weighted by atomic mass is 16.5. The summed E-state index contributed by atoms with van der Waals surface area (Å²) in [6.45, 7) is 32.4. The first-order chi connectivity index (χ1) is 47.6. The van der Waals surface area contributed by atoms with E-state index in [-0.39, 0.29) is 0 Å². The molecule has 540 valence electrons. The average molecular weight is 1370 g/mol. The number of hydrogen-bond acceptors (Lipinski definition) is 15. The number of para-hydroxylation sites is 2. The molecule has 22 N–H and O–H groups in total. The molecule has 0 bridgehead atoms. The topological polar surface area (TPSA) is 323 Å². The molecule has 11 aromatic rings. The van der Waals surface area contributed by atoms with Gasteiger partial charge in [-0.2, -0.15) is 0 Å². The zero-order valence-electron chi connectivity index (χ0n) is 63.7. The van der Waals surface area contributed by atoms with Crippen LogP contribution in [0.15, 0.2) is 212 Å². The molecular formula is C86H117N11O4. The van der Waals surface area contributed by atoms with Gasteiger partial charge in [0.25, 0.3) is 0 Å². The molecule has 101 heavy (non-hydrogen) atoms. The number of anilines is 11. The van der Waals surface area contributed by atoms with E-state index in [0.29, 0.717) is 17.1 Å². The van der Waals surface area contributed by atoms with Crippen molar-refractivity contribution in [2.24, 2.45) is 0 Å². The Morgan fingerprint density at radius 1 is 0.198 bits per heavy atom. The second-order valence-electron chi connectivity index (χ2n) is 24.4. The Labute approximate surface area is 605 Å². The lowest BCUT2D eigenvalue weighted by Gasteiger charge is -2.05. The van der Waals surface area contributed by atoms with Gasteiger partial charge in [0.15, 0.2) is 0 Å². The smallest absolute Gasteiger partial charge is 0.144 e. The van der Waals surface area contributed by atoms with Crippen LogP contribution in [-0.4, -0.2) is 28.4 Å². The molecular weight excluding hydrogens is 1250 g/mol. The van der Waals surface area contributed by atoms with Crippen molar-refractivity contribution in [1.82, 2.24) is 0 Å². The van der Waals surface area contributed by atoms with E-state index in [0.717, 1.165) is 96.3 Å². The predicted octanol–water partition coefficient (Wildman–Crippen LogP) is 18.9. The number of aryl methyl sites for hydroxylation is 14. The van der Waals surface area contributed by atoms with Crippen molar-refractivity contribution in [3.05, 3.63) is 301 Å². The van der Waals surface area contributed by atoms with Gasteiger partial charge in [0, 0.05) is 39.8 Å². The number of nitrogens with two attached hydrogens (primary N) is 11. The third-order valence-corrected chi connectivity index (χ3v) is 15.3. The number of hydrogen-bond donors (Lipinski definition) is 11. The van der Waals surface area contributed by atoms with Crippen molar-refractivity contribution in [3.63, 3.8) is 0 Å². The molecule has 0 spiro atoms. The molecule has 0 aliphatic rings. The van der Waals surface area contributed by atoms with Crippen LogP contribution in [0.2, 0.25) is 0 Å². The van der Waals surface area contributed by atoms with E-state index in [4.69, 9.17) is 82.0 Å². The van der Waals surface area contributed by atoms with Crippen molar-refractivity contribution in [1.29, 1.82) is 0 Å². The largest absolute Gasteiger partial charge is 0.495 e. The minimum atomic E-state index is 0.688. The van der Waals surface area contributed by atoms with Gasteiger partial charge in [-0.25, -0.2) is 0 Å². The Bertz CT molecular complexity index is 3980. The maximum atomic E-state index is 5.67. The summed E-state index contributed by atoms with van der Waals surface area (Å²) < 4.78 is 20.0. The molecule has 15 heteroatoms. The van der Waals surface area contributed by atoms with Crippen molar-refractivity contribution in [3.8, 4) is 23.0 Å². The molecule has 0 heterocycles. The van der Waals surface area contributed by atoms with Gasteiger partial charge in [-0.3, -0.25) is 0 Å². The van der Waals surface area contributed by atoms with E-state index in [1.54, 1.807) is 28.4 Å². The normalized spacial score (nSPS) is 9.43. The summed E-state index contributed by atoms with van der Waals surface area (Å²) in [5, 5.41) is 0. The van der Waals surface area contributed by atoms with E-state index in [1.807, 2.05) is 271 Å². The van der Waals surface area contributed by atoms with Crippen molar-refractivity contribution < 1.29 is 18.9 Å². The zero-order valence-corrected chi connectivity index (χ0v) is 63.7. The van der Waals surface area contributed by atoms with E-state index in [9.17, 15) is 0 Å². The number of ether oxygens (including phenoxy) is 4. The molecule has 11 rings (SSSR count). The Morgan fingerprint density at radius 3 is 0.980 bits per heavy atom. The van der Waals surface area contributed by atoms with Gasteiger partial charge in [0.1, 0.15) is 23.0 Å². The average Bonchev–Trinajstić information content (AvgIpc) is 1.34. The van der Waals surface area contributed by atoms with Gasteiger partial charge in [-0.1, -0.05) is 115 Å². The molecule has 11 aromatic carbocycles. The first kappa shape index (κ1) is 87.4. The molecule has 0 fully saturated rings. The van der Waals surface area contributed by atoms with Crippen LogP contribution < -0.4 is 82.0 Å². The van der Waals surface area contributed by atoms with Gasteiger partial charge in [0.05, 0.1) is 51.2 Å². The number of rotatable bonds is 4. The molecule has 0 unspecified atom stereocenters. The molecule has 0 radical (unpaired) electrons. The van der Waals surface area contributed by atoms with Crippen molar-refractivity contribution in [2.45, 2.75) is 111 Å². The van der Waals surface area contributed by atoms with Crippen LogP contribution in [0.25, 0.3) is 0 Å². The zero-order chi connectivity index (χ0) is 76.5. The SMILES string of the molecule is COc1c(C)cccc1N.COc1cc(C)ccc1N.COc1ccc(C)cc1N.COc1cccc(C)c1N.Cc1cc(C)cc(N)c1.Cc1ccc(C)c(N)c1.Cc1ccc(N)cc1.Cc1ccc(N)cc1C.Cc1cccc(N)c1.Cc1cccc(N)c1C.Cc1cccc(N)c1C. The fourth-order valence-electron chi connectivity index (χ4n) is 8.78. The summed E-state index contributed by atoms with van der Waals surface area (Å²) in [5.41, 5.74) is 89.3. The Hall–Kier alpha value is -11.6. The molecule has 0 saturated heterocycles. The highest BCUT2D eigenvalue weighted by Crippen LogP contribution is 2.26. The van der Waals surface area contributed by atoms with Crippen LogP contribution in [0.1, 0.15) is 89.0 Å². The third kappa shape index (κ3) is 35.5. The van der Waals surface area contributed by atoms with Crippen LogP contribution in [0.4, 0.5) is 62.6 Å². The summed E-state index contributed by atoms with van der Waals surface area (Å²) in [4.78, 5) is 0. The van der Waals surface area contributed by atoms with E-state index in [1.165, 1.54) is 61.2 Å². The monoisotopic (exact) mass is 1370 g/mol. The molecule has 0 amide bonds. The number of benzene rings is 11. The molecule has 0 aromatic heterocycles. The maximum Gasteiger partial charge on any atom is 0.144 e.